The third kappa shape index (κ3) is 22.0. The van der Waals surface area contributed by atoms with Crippen LogP contribution >= 0.6 is 0 Å². The minimum absolute atomic E-state index is 0.970. The van der Waals surface area contributed by atoms with Crippen LogP contribution in [0.25, 0.3) is 0 Å². The summed E-state index contributed by atoms with van der Waals surface area (Å²) >= 11 is 0. The van der Waals surface area contributed by atoms with E-state index in [9.17, 15) is 0 Å². The first-order valence-electron chi connectivity index (χ1n) is 12.8. The van der Waals surface area contributed by atoms with Crippen LogP contribution in [0.3, 0.4) is 0 Å². The number of hydrogen-bond acceptors (Lipinski definition) is 0. The molecule has 0 rings (SSSR count). The Balaban J connectivity index is 3.12. The van der Waals surface area contributed by atoms with Crippen molar-refractivity contribution in [3.8, 4) is 0 Å². The largest absolute Gasteiger partial charge is 0.0654 e. The maximum atomic E-state index is 2.49. The molecule has 158 valence electrons. The third-order valence-corrected chi connectivity index (χ3v) is 6.10. The van der Waals surface area contributed by atoms with Gasteiger partial charge in [0.25, 0.3) is 0 Å². The molecule has 0 saturated carbocycles. The summed E-state index contributed by atoms with van der Waals surface area (Å²) in [5, 5.41) is 0. The first kappa shape index (κ1) is 26.0. The predicted molar refractivity (Wildman–Crippen MR) is 122 cm³/mol. The molecule has 0 unspecified atom stereocenters. The molecule has 0 heterocycles. The first-order chi connectivity index (χ1) is 12.8. The Morgan fingerprint density at radius 2 is 0.577 bits per heavy atom. The smallest absolute Gasteiger partial charge is 0.0443 e. The SMILES string of the molecule is CCCCCCCCCCCCC(C)CCCCCCCCCCCC. The molecule has 0 saturated heterocycles. The fourth-order valence-electron chi connectivity index (χ4n) is 4.10. The van der Waals surface area contributed by atoms with Crippen LogP contribution in [0, 0.1) is 5.92 Å². The highest BCUT2D eigenvalue weighted by Crippen LogP contribution is 2.19. The van der Waals surface area contributed by atoms with E-state index in [1.807, 2.05) is 0 Å². The molecule has 0 N–H and O–H groups in total. The maximum absolute atomic E-state index is 2.49. The van der Waals surface area contributed by atoms with Gasteiger partial charge in [-0.1, -0.05) is 162 Å². The molecule has 0 spiro atoms. The summed E-state index contributed by atoms with van der Waals surface area (Å²) in [7, 11) is 0. The molecule has 0 radical (unpaired) electrons. The molecule has 0 nitrogen and oxygen atoms in total. The van der Waals surface area contributed by atoms with E-state index in [4.69, 9.17) is 0 Å². The molecule has 26 heavy (non-hydrogen) atoms. The third-order valence-electron chi connectivity index (χ3n) is 6.10. The van der Waals surface area contributed by atoms with Gasteiger partial charge in [0, 0.05) is 0 Å². The van der Waals surface area contributed by atoms with Gasteiger partial charge in [0.15, 0.2) is 0 Å². The summed E-state index contributed by atoms with van der Waals surface area (Å²) in [4.78, 5) is 0. The summed E-state index contributed by atoms with van der Waals surface area (Å²) in [5.41, 5.74) is 0. The van der Waals surface area contributed by atoms with Gasteiger partial charge in [0.05, 0.1) is 0 Å². The normalized spacial score (nSPS) is 11.5. The molecule has 0 aliphatic rings. The highest BCUT2D eigenvalue weighted by atomic mass is 14.1. The van der Waals surface area contributed by atoms with Crippen molar-refractivity contribution in [2.24, 2.45) is 5.92 Å². The van der Waals surface area contributed by atoms with Crippen LogP contribution < -0.4 is 0 Å². The zero-order valence-corrected chi connectivity index (χ0v) is 19.1. The Kier molecular flexibility index (Phi) is 23.0. The van der Waals surface area contributed by atoms with Gasteiger partial charge >= 0.3 is 0 Å². The minimum Gasteiger partial charge on any atom is -0.0654 e. The highest BCUT2D eigenvalue weighted by molar-refractivity contribution is 4.56. The van der Waals surface area contributed by atoms with E-state index in [0.29, 0.717) is 0 Å². The van der Waals surface area contributed by atoms with Crippen molar-refractivity contribution in [2.45, 2.75) is 162 Å². The molecular formula is C26H54. The van der Waals surface area contributed by atoms with Crippen molar-refractivity contribution in [1.29, 1.82) is 0 Å². The summed E-state index contributed by atoms with van der Waals surface area (Å²) in [6.07, 6.45) is 32.3. The second kappa shape index (κ2) is 23.0. The average molecular weight is 367 g/mol. The lowest BCUT2D eigenvalue weighted by Crippen LogP contribution is -1.95. The Labute approximate surface area is 168 Å². The minimum atomic E-state index is 0.970. The number of rotatable bonds is 22. The van der Waals surface area contributed by atoms with Crippen LogP contribution in [0.1, 0.15) is 162 Å². The van der Waals surface area contributed by atoms with Gasteiger partial charge < -0.3 is 0 Å². The van der Waals surface area contributed by atoms with Gasteiger partial charge in [0.1, 0.15) is 0 Å². The maximum Gasteiger partial charge on any atom is -0.0443 e. The number of hydrogen-bond donors (Lipinski definition) is 0. The van der Waals surface area contributed by atoms with E-state index in [0.717, 1.165) is 5.92 Å². The van der Waals surface area contributed by atoms with Gasteiger partial charge in [-0.2, -0.15) is 0 Å². The van der Waals surface area contributed by atoms with Crippen molar-refractivity contribution in [1.82, 2.24) is 0 Å². The molecule has 0 aromatic rings. The molecule has 0 heteroatoms. The van der Waals surface area contributed by atoms with Crippen LogP contribution in [0.5, 0.6) is 0 Å². The second-order valence-electron chi connectivity index (χ2n) is 9.05. The Bertz CT molecular complexity index is 208. The summed E-state index contributed by atoms with van der Waals surface area (Å²) in [5.74, 6) is 0.970. The van der Waals surface area contributed by atoms with Crippen molar-refractivity contribution in [3.63, 3.8) is 0 Å². The van der Waals surface area contributed by atoms with Crippen LogP contribution in [-0.4, -0.2) is 0 Å². The number of unbranched alkanes of at least 4 members (excludes halogenated alkanes) is 18. The molecule has 0 aromatic heterocycles. The van der Waals surface area contributed by atoms with E-state index in [1.165, 1.54) is 141 Å². The molecule has 0 bridgehead atoms. The van der Waals surface area contributed by atoms with E-state index in [1.54, 1.807) is 0 Å². The first-order valence-corrected chi connectivity index (χ1v) is 12.8. The average Bonchev–Trinajstić information content (AvgIpc) is 2.64. The monoisotopic (exact) mass is 366 g/mol. The van der Waals surface area contributed by atoms with Crippen molar-refractivity contribution >= 4 is 0 Å². The summed E-state index contributed by atoms with van der Waals surface area (Å²) < 4.78 is 0. The molecule has 0 fully saturated rings. The topological polar surface area (TPSA) is 0 Å². The van der Waals surface area contributed by atoms with Gasteiger partial charge in [0.2, 0.25) is 0 Å². The quantitative estimate of drug-likeness (QED) is 0.167. The lowest BCUT2D eigenvalue weighted by atomic mass is 9.95. The van der Waals surface area contributed by atoms with E-state index in [-0.39, 0.29) is 0 Å². The van der Waals surface area contributed by atoms with Gasteiger partial charge in [-0.05, 0) is 5.92 Å². The zero-order chi connectivity index (χ0) is 19.1. The van der Waals surface area contributed by atoms with Crippen LogP contribution in [0.15, 0.2) is 0 Å². The van der Waals surface area contributed by atoms with Crippen LogP contribution in [0.2, 0.25) is 0 Å². The standard InChI is InChI=1S/C26H54/c1-4-6-8-10-12-14-16-18-20-22-24-26(3)25-23-21-19-17-15-13-11-9-7-5-2/h26H,4-25H2,1-3H3. The summed E-state index contributed by atoms with van der Waals surface area (Å²) in [6.45, 7) is 7.09. The van der Waals surface area contributed by atoms with E-state index < -0.39 is 0 Å². The molecule has 0 amide bonds. The van der Waals surface area contributed by atoms with Crippen LogP contribution in [0.4, 0.5) is 0 Å². The fourth-order valence-corrected chi connectivity index (χ4v) is 4.10. The Morgan fingerprint density at radius 3 is 0.846 bits per heavy atom. The molecule has 0 aromatic carbocycles. The molecule has 0 atom stereocenters. The van der Waals surface area contributed by atoms with Gasteiger partial charge in [-0.25, -0.2) is 0 Å². The zero-order valence-electron chi connectivity index (χ0n) is 19.1. The molecular weight excluding hydrogens is 312 g/mol. The summed E-state index contributed by atoms with van der Waals surface area (Å²) in [6, 6.07) is 0. The lowest BCUT2D eigenvalue weighted by molar-refractivity contribution is 0.430. The molecule has 0 aliphatic carbocycles. The van der Waals surface area contributed by atoms with Crippen molar-refractivity contribution < 1.29 is 0 Å². The van der Waals surface area contributed by atoms with Crippen molar-refractivity contribution in [3.05, 3.63) is 0 Å². The predicted octanol–water partition coefficient (Wildman–Crippen LogP) is 10.2. The fraction of sp³-hybridized carbons (Fsp3) is 1.00. The van der Waals surface area contributed by atoms with E-state index >= 15 is 0 Å². The van der Waals surface area contributed by atoms with Crippen LogP contribution in [-0.2, 0) is 0 Å². The second-order valence-corrected chi connectivity index (χ2v) is 9.05. The Hall–Kier alpha value is 0. The van der Waals surface area contributed by atoms with Gasteiger partial charge in [-0.3, -0.25) is 0 Å². The lowest BCUT2D eigenvalue weighted by Gasteiger charge is -2.11. The van der Waals surface area contributed by atoms with Crippen molar-refractivity contribution in [2.75, 3.05) is 0 Å². The highest BCUT2D eigenvalue weighted by Gasteiger charge is 2.02. The van der Waals surface area contributed by atoms with Gasteiger partial charge in [-0.15, -0.1) is 0 Å². The Morgan fingerprint density at radius 1 is 0.346 bits per heavy atom. The molecule has 0 aliphatic heterocycles. The van der Waals surface area contributed by atoms with E-state index in [2.05, 4.69) is 20.8 Å².